The quantitative estimate of drug-likeness (QED) is 0.750. The summed E-state index contributed by atoms with van der Waals surface area (Å²) in [4.78, 5) is 11.6. The summed E-state index contributed by atoms with van der Waals surface area (Å²) in [6.07, 6.45) is 2.07. The van der Waals surface area contributed by atoms with Crippen LogP contribution in [0.15, 0.2) is 0 Å². The second-order valence-corrected chi connectivity index (χ2v) is 3.89. The molecule has 1 aliphatic rings. The van der Waals surface area contributed by atoms with E-state index in [0.29, 0.717) is 12.6 Å². The molecule has 0 aromatic heterocycles. The largest absolute Gasteiger partial charge is 0.384 e. The molecule has 4 nitrogen and oxygen atoms in total. The van der Waals surface area contributed by atoms with E-state index in [4.69, 9.17) is 4.74 Å². The first-order chi connectivity index (χ1) is 6.74. The molecule has 0 aliphatic carbocycles. The molecule has 1 aliphatic heterocycles. The van der Waals surface area contributed by atoms with Crippen molar-refractivity contribution in [3.63, 3.8) is 0 Å². The van der Waals surface area contributed by atoms with Crippen LogP contribution in [-0.2, 0) is 9.53 Å². The van der Waals surface area contributed by atoms with Gasteiger partial charge in [0.2, 0.25) is 5.91 Å². The van der Waals surface area contributed by atoms with Crippen LogP contribution in [0.4, 0.5) is 0 Å². The molecular weight excluding hydrogens is 216 g/mol. The zero-order valence-corrected chi connectivity index (χ0v) is 10.2. The molecule has 5 heteroatoms. The molecule has 1 rings (SSSR count). The van der Waals surface area contributed by atoms with E-state index in [1.54, 1.807) is 7.11 Å². The van der Waals surface area contributed by atoms with E-state index in [-0.39, 0.29) is 24.2 Å². The minimum absolute atomic E-state index is 0. The van der Waals surface area contributed by atoms with Gasteiger partial charge in [-0.15, -0.1) is 12.4 Å². The molecule has 0 spiro atoms. The first-order valence-electron chi connectivity index (χ1n) is 5.24. The van der Waals surface area contributed by atoms with Gasteiger partial charge < -0.3 is 15.4 Å². The second kappa shape index (κ2) is 7.91. The Labute approximate surface area is 97.5 Å². The van der Waals surface area contributed by atoms with E-state index in [1.165, 1.54) is 0 Å². The lowest BCUT2D eigenvalue weighted by molar-refractivity contribution is -0.126. The van der Waals surface area contributed by atoms with E-state index in [2.05, 4.69) is 10.6 Å². The third kappa shape index (κ3) is 5.35. The van der Waals surface area contributed by atoms with Crippen molar-refractivity contribution in [3.05, 3.63) is 0 Å². The van der Waals surface area contributed by atoms with Gasteiger partial charge >= 0.3 is 0 Å². The molecule has 0 bridgehead atoms. The smallest absolute Gasteiger partial charge is 0.225 e. The molecule has 1 amide bonds. The predicted octanol–water partition coefficient (Wildman–Crippen LogP) is 0.559. The number of hydrogen-bond donors (Lipinski definition) is 2. The van der Waals surface area contributed by atoms with Crippen LogP contribution in [0.25, 0.3) is 0 Å². The lowest BCUT2D eigenvalue weighted by atomic mass is 10.1. The van der Waals surface area contributed by atoms with Crippen LogP contribution in [0.1, 0.15) is 19.8 Å². The van der Waals surface area contributed by atoms with Gasteiger partial charge in [0, 0.05) is 13.2 Å². The van der Waals surface area contributed by atoms with Crippen molar-refractivity contribution in [1.29, 1.82) is 0 Å². The molecule has 90 valence electrons. The number of amides is 1. The van der Waals surface area contributed by atoms with Gasteiger partial charge in [-0.05, 0) is 25.9 Å². The highest BCUT2D eigenvalue weighted by Crippen LogP contribution is 2.04. The van der Waals surface area contributed by atoms with Gasteiger partial charge in [-0.2, -0.15) is 0 Å². The average molecular weight is 237 g/mol. The molecule has 1 atom stereocenters. The van der Waals surface area contributed by atoms with Crippen LogP contribution in [0.5, 0.6) is 0 Å². The zero-order chi connectivity index (χ0) is 10.4. The maximum absolute atomic E-state index is 11.6. The summed E-state index contributed by atoms with van der Waals surface area (Å²) in [5.74, 6) is 0.0636. The van der Waals surface area contributed by atoms with Crippen molar-refractivity contribution >= 4 is 18.3 Å². The second-order valence-electron chi connectivity index (χ2n) is 3.89. The molecule has 15 heavy (non-hydrogen) atoms. The molecule has 0 aromatic carbocycles. The summed E-state index contributed by atoms with van der Waals surface area (Å²) in [6.45, 7) is 4.39. The van der Waals surface area contributed by atoms with Crippen LogP contribution in [0.3, 0.4) is 0 Å². The van der Waals surface area contributed by atoms with Crippen molar-refractivity contribution < 1.29 is 9.53 Å². The molecule has 0 radical (unpaired) electrons. The first kappa shape index (κ1) is 14.7. The van der Waals surface area contributed by atoms with Gasteiger partial charge in [-0.25, -0.2) is 0 Å². The van der Waals surface area contributed by atoms with Gasteiger partial charge in [0.1, 0.15) is 0 Å². The number of nitrogens with one attached hydrogen (secondary N) is 2. The number of methoxy groups -OCH3 is 1. The molecule has 0 aromatic rings. The summed E-state index contributed by atoms with van der Waals surface area (Å²) in [5, 5.41) is 6.31. The van der Waals surface area contributed by atoms with Crippen LogP contribution in [-0.4, -0.2) is 38.8 Å². The third-order valence-corrected chi connectivity index (χ3v) is 2.55. The summed E-state index contributed by atoms with van der Waals surface area (Å²) >= 11 is 0. The van der Waals surface area contributed by atoms with E-state index in [0.717, 1.165) is 25.9 Å². The van der Waals surface area contributed by atoms with Gasteiger partial charge in [0.05, 0.1) is 12.5 Å². The molecule has 1 fully saturated rings. The highest BCUT2D eigenvalue weighted by Gasteiger charge is 2.18. The van der Waals surface area contributed by atoms with Gasteiger partial charge in [0.25, 0.3) is 0 Å². The number of halogens is 1. The Morgan fingerprint density at radius 1 is 1.53 bits per heavy atom. The fourth-order valence-corrected chi connectivity index (χ4v) is 1.64. The fourth-order valence-electron chi connectivity index (χ4n) is 1.64. The number of hydrogen-bond acceptors (Lipinski definition) is 3. The summed E-state index contributed by atoms with van der Waals surface area (Å²) in [6, 6.07) is 0.350. The highest BCUT2D eigenvalue weighted by atomic mass is 35.5. The Morgan fingerprint density at radius 3 is 2.67 bits per heavy atom. The van der Waals surface area contributed by atoms with E-state index in [9.17, 15) is 4.79 Å². The van der Waals surface area contributed by atoms with E-state index < -0.39 is 0 Å². The van der Waals surface area contributed by atoms with Gasteiger partial charge in [-0.1, -0.05) is 6.92 Å². The Hall–Kier alpha value is -0.320. The molecule has 1 unspecified atom stereocenters. The van der Waals surface area contributed by atoms with Crippen molar-refractivity contribution in [3.8, 4) is 0 Å². The average Bonchev–Trinajstić information content (AvgIpc) is 2.19. The molecule has 1 heterocycles. The molecule has 0 saturated carbocycles. The maximum Gasteiger partial charge on any atom is 0.225 e. The SMILES string of the molecule is COCC(C)C(=O)NC1CCNCC1.Cl. The van der Waals surface area contributed by atoms with Crippen molar-refractivity contribution in [2.45, 2.75) is 25.8 Å². The topological polar surface area (TPSA) is 50.4 Å². The molecule has 1 saturated heterocycles. The van der Waals surface area contributed by atoms with Crippen LogP contribution in [0, 0.1) is 5.92 Å². The predicted molar refractivity (Wildman–Crippen MR) is 62.3 cm³/mol. The lowest BCUT2D eigenvalue weighted by Crippen LogP contribution is -2.45. The lowest BCUT2D eigenvalue weighted by Gasteiger charge is -2.25. The van der Waals surface area contributed by atoms with Crippen molar-refractivity contribution in [1.82, 2.24) is 10.6 Å². The monoisotopic (exact) mass is 236 g/mol. The van der Waals surface area contributed by atoms with E-state index >= 15 is 0 Å². The minimum Gasteiger partial charge on any atom is -0.384 e. The number of rotatable bonds is 4. The third-order valence-electron chi connectivity index (χ3n) is 2.55. The van der Waals surface area contributed by atoms with Crippen molar-refractivity contribution in [2.24, 2.45) is 5.92 Å². The first-order valence-corrected chi connectivity index (χ1v) is 5.24. The van der Waals surface area contributed by atoms with Crippen molar-refractivity contribution in [2.75, 3.05) is 26.8 Å². The normalized spacial score (nSPS) is 19.1. The number of piperidine rings is 1. The summed E-state index contributed by atoms with van der Waals surface area (Å²) in [5.41, 5.74) is 0. The van der Waals surface area contributed by atoms with Gasteiger partial charge in [0.15, 0.2) is 0 Å². The zero-order valence-electron chi connectivity index (χ0n) is 9.41. The summed E-state index contributed by atoms with van der Waals surface area (Å²) in [7, 11) is 1.62. The Kier molecular flexibility index (Phi) is 7.74. The number of ether oxygens (including phenoxy) is 1. The number of carbonyl (C=O) groups excluding carboxylic acids is 1. The van der Waals surface area contributed by atoms with Crippen LogP contribution < -0.4 is 10.6 Å². The maximum atomic E-state index is 11.6. The molecular formula is C10H21ClN2O2. The Morgan fingerprint density at radius 2 is 2.13 bits per heavy atom. The standard InChI is InChI=1S/C10H20N2O2.ClH/c1-8(7-14-2)10(13)12-9-3-5-11-6-4-9;/h8-9,11H,3-7H2,1-2H3,(H,12,13);1H. The summed E-state index contributed by atoms with van der Waals surface area (Å²) < 4.78 is 4.94. The van der Waals surface area contributed by atoms with Crippen LogP contribution in [0.2, 0.25) is 0 Å². The fraction of sp³-hybridized carbons (Fsp3) is 0.900. The Bertz CT molecular complexity index is 184. The highest BCUT2D eigenvalue weighted by molar-refractivity contribution is 5.85. The van der Waals surface area contributed by atoms with E-state index in [1.807, 2.05) is 6.92 Å². The van der Waals surface area contributed by atoms with Crippen LogP contribution >= 0.6 is 12.4 Å². The number of carbonyl (C=O) groups is 1. The minimum atomic E-state index is -0.0464. The van der Waals surface area contributed by atoms with Gasteiger partial charge in [-0.3, -0.25) is 4.79 Å². The molecule has 2 N–H and O–H groups in total. The Balaban J connectivity index is 0.00000196.